The maximum atomic E-state index is 14.4. The second kappa shape index (κ2) is 16.6. The van der Waals surface area contributed by atoms with Crippen molar-refractivity contribution in [3.8, 4) is 0 Å². The van der Waals surface area contributed by atoms with Crippen LogP contribution in [0.2, 0.25) is 0 Å². The van der Waals surface area contributed by atoms with E-state index in [0.29, 0.717) is 30.3 Å². The van der Waals surface area contributed by atoms with Crippen LogP contribution < -0.4 is 0 Å². The second-order valence-corrected chi connectivity index (χ2v) is 17.1. The molecule has 4 atom stereocenters. The molecule has 5 rings (SSSR count). The first-order valence-electron chi connectivity index (χ1n) is 17.9. The number of rotatable bonds is 12. The number of sulfonamides is 1. The van der Waals surface area contributed by atoms with Gasteiger partial charge in [-0.15, -0.1) is 0 Å². The van der Waals surface area contributed by atoms with Crippen LogP contribution in [0.4, 0.5) is 13.6 Å². The molecule has 16 heteroatoms. The predicted molar refractivity (Wildman–Crippen MR) is 194 cm³/mol. The number of carbonyl (C=O) groups excluding carboxylic acids is 3. The van der Waals surface area contributed by atoms with E-state index >= 15 is 0 Å². The number of halogens is 2. The third-order valence-corrected chi connectivity index (χ3v) is 11.4. The fourth-order valence-electron chi connectivity index (χ4n) is 7.21. The summed E-state index contributed by atoms with van der Waals surface area (Å²) in [6.07, 6.45) is 1.29. The zero-order valence-corrected chi connectivity index (χ0v) is 32.3. The number of aryl methyl sites for hydroxylation is 2. The molecule has 0 radical (unpaired) electrons. The summed E-state index contributed by atoms with van der Waals surface area (Å²) in [5.74, 6) is -3.53. The van der Waals surface area contributed by atoms with Crippen LogP contribution in [0, 0.1) is 24.5 Å². The third kappa shape index (κ3) is 9.70. The standard InChI is InChI=1S/C38H49F2N5O8S/c1-24-12-26(17-28(13-24)36(48)44-9-7-8-31(44)22-52-6)33(46)18-27(14-25-15-29(39)19-30(40)16-25)35(47)32-20-43(54(50,51)34-21-42(5)23-41-34)10-11-45(32)37(49)53-38(2,3)4/h12-13,15-17,19,21,23,27,31-32,35,47H,7-11,14,18,20,22H2,1-6H3/t27-,31-,32-,35+/m1/s1. The van der Waals surface area contributed by atoms with Crippen LogP contribution in [0.5, 0.6) is 0 Å². The van der Waals surface area contributed by atoms with Crippen molar-refractivity contribution in [2.75, 3.05) is 39.9 Å². The highest BCUT2D eigenvalue weighted by Crippen LogP contribution is 2.30. The number of carbonyl (C=O) groups is 3. The number of piperazine rings is 1. The van der Waals surface area contributed by atoms with Gasteiger partial charge in [0.15, 0.2) is 10.8 Å². The van der Waals surface area contributed by atoms with Gasteiger partial charge in [0, 0.05) is 70.1 Å². The number of amides is 2. The summed E-state index contributed by atoms with van der Waals surface area (Å²) in [6.45, 7) is 6.99. The van der Waals surface area contributed by atoms with E-state index in [1.54, 1.807) is 58.9 Å². The summed E-state index contributed by atoms with van der Waals surface area (Å²) in [5, 5.41) is 12.0. The average Bonchev–Trinajstić information content (AvgIpc) is 3.75. The molecular formula is C38H49F2N5O8S. The van der Waals surface area contributed by atoms with E-state index in [1.165, 1.54) is 28.1 Å². The van der Waals surface area contributed by atoms with E-state index in [2.05, 4.69) is 4.98 Å². The third-order valence-electron chi connectivity index (χ3n) is 9.68. The lowest BCUT2D eigenvalue weighted by molar-refractivity contribution is -0.0367. The van der Waals surface area contributed by atoms with Gasteiger partial charge in [-0.05, 0) is 94.3 Å². The number of nitrogens with zero attached hydrogens (tertiary/aromatic N) is 5. The molecule has 0 saturated carbocycles. The molecule has 0 aliphatic carbocycles. The quantitative estimate of drug-likeness (QED) is 0.265. The minimum absolute atomic E-state index is 0.0992. The SMILES string of the molecule is COC[C@H]1CCCN1C(=O)c1cc(C)cc(C(=O)C[C@@H](Cc2cc(F)cc(F)c2)[C@H](O)[C@H]2CN(S(=O)(=O)c3cn(C)cn3)CCN2C(=O)OC(C)(C)C)c1. The van der Waals surface area contributed by atoms with Crippen molar-refractivity contribution < 1.29 is 46.2 Å². The van der Waals surface area contributed by atoms with E-state index < -0.39 is 57.2 Å². The van der Waals surface area contributed by atoms with E-state index in [0.717, 1.165) is 29.3 Å². The molecule has 2 saturated heterocycles. The zero-order chi connectivity index (χ0) is 39.5. The first kappa shape index (κ1) is 40.9. The highest BCUT2D eigenvalue weighted by Gasteiger charge is 2.44. The van der Waals surface area contributed by atoms with Gasteiger partial charge < -0.3 is 24.0 Å². The molecule has 1 N–H and O–H groups in total. The average molecular weight is 774 g/mol. The number of hydrogen-bond acceptors (Lipinski definition) is 9. The van der Waals surface area contributed by atoms with Gasteiger partial charge in [-0.3, -0.25) is 14.5 Å². The second-order valence-electron chi connectivity index (χ2n) is 15.2. The Balaban J connectivity index is 1.50. The Morgan fingerprint density at radius 2 is 1.69 bits per heavy atom. The number of methoxy groups -OCH3 is 1. The van der Waals surface area contributed by atoms with Gasteiger partial charge in [0.05, 0.1) is 31.1 Å². The molecule has 294 valence electrons. The fourth-order valence-corrected chi connectivity index (χ4v) is 8.63. The largest absolute Gasteiger partial charge is 0.444 e. The lowest BCUT2D eigenvalue weighted by Gasteiger charge is -2.44. The van der Waals surface area contributed by atoms with E-state index in [-0.39, 0.29) is 60.6 Å². The highest BCUT2D eigenvalue weighted by atomic mass is 32.2. The summed E-state index contributed by atoms with van der Waals surface area (Å²) < 4.78 is 69.8. The Morgan fingerprint density at radius 1 is 1.00 bits per heavy atom. The summed E-state index contributed by atoms with van der Waals surface area (Å²) in [6, 6.07) is 6.36. The van der Waals surface area contributed by atoms with Gasteiger partial charge in [0.2, 0.25) is 0 Å². The highest BCUT2D eigenvalue weighted by molar-refractivity contribution is 7.89. The number of aromatic nitrogens is 2. The van der Waals surface area contributed by atoms with E-state index in [9.17, 15) is 36.7 Å². The lowest BCUT2D eigenvalue weighted by atomic mass is 9.83. The number of ether oxygens (including phenoxy) is 2. The topological polar surface area (TPSA) is 152 Å². The van der Waals surface area contributed by atoms with Gasteiger partial charge in [0.25, 0.3) is 15.9 Å². The van der Waals surface area contributed by atoms with Gasteiger partial charge in [-0.25, -0.2) is 27.0 Å². The molecule has 2 aliphatic rings. The molecule has 54 heavy (non-hydrogen) atoms. The summed E-state index contributed by atoms with van der Waals surface area (Å²) in [7, 11) is -0.992. The molecule has 0 unspecified atom stereocenters. The van der Waals surface area contributed by atoms with Crippen LogP contribution in [0.1, 0.15) is 71.9 Å². The maximum Gasteiger partial charge on any atom is 0.410 e. The Hall–Kier alpha value is -4.25. The van der Waals surface area contributed by atoms with Crippen molar-refractivity contribution in [2.24, 2.45) is 13.0 Å². The lowest BCUT2D eigenvalue weighted by Crippen LogP contribution is -2.62. The van der Waals surface area contributed by atoms with Gasteiger partial charge in [0.1, 0.15) is 17.2 Å². The number of aliphatic hydroxyl groups is 1. The van der Waals surface area contributed by atoms with Crippen LogP contribution >= 0.6 is 0 Å². The first-order chi connectivity index (χ1) is 25.4. The molecule has 2 aliphatic heterocycles. The van der Waals surface area contributed by atoms with Crippen LogP contribution in [-0.2, 0) is 33.0 Å². The smallest absolute Gasteiger partial charge is 0.410 e. The van der Waals surface area contributed by atoms with Crippen molar-refractivity contribution in [3.05, 3.63) is 82.8 Å². The number of Topliss-reactive ketones (excluding diaryl/α,β-unsaturated/α-hetero) is 1. The minimum atomic E-state index is -4.18. The number of imidazole rings is 1. The van der Waals surface area contributed by atoms with E-state index in [1.807, 2.05) is 0 Å². The number of likely N-dealkylation sites (tertiary alicyclic amines) is 1. The Labute approximate surface area is 314 Å². The molecular weight excluding hydrogens is 725 g/mol. The van der Waals surface area contributed by atoms with E-state index in [4.69, 9.17) is 9.47 Å². The normalized spacial score (nSPS) is 19.5. The van der Waals surface area contributed by atoms with Crippen molar-refractivity contribution >= 4 is 27.8 Å². The number of aliphatic hydroxyl groups excluding tert-OH is 1. The van der Waals surface area contributed by atoms with Crippen molar-refractivity contribution in [2.45, 2.75) is 82.2 Å². The summed E-state index contributed by atoms with van der Waals surface area (Å²) in [4.78, 5) is 48.4. The number of ketones is 1. The Morgan fingerprint density at radius 3 is 2.31 bits per heavy atom. The van der Waals surface area contributed by atoms with Gasteiger partial charge in [-0.1, -0.05) is 0 Å². The molecule has 0 bridgehead atoms. The molecule has 2 fully saturated rings. The van der Waals surface area contributed by atoms with Crippen LogP contribution in [0.3, 0.4) is 0 Å². The molecule has 3 aromatic rings. The molecule has 13 nitrogen and oxygen atoms in total. The molecule has 3 heterocycles. The molecule has 2 aromatic carbocycles. The van der Waals surface area contributed by atoms with Crippen LogP contribution in [-0.4, -0.2) is 119 Å². The molecule has 2 amide bonds. The molecule has 1 aromatic heterocycles. The first-order valence-corrected chi connectivity index (χ1v) is 19.4. The van der Waals surface area contributed by atoms with Crippen molar-refractivity contribution in [1.82, 2.24) is 23.7 Å². The van der Waals surface area contributed by atoms with Gasteiger partial charge in [-0.2, -0.15) is 4.31 Å². The number of hydrogen-bond donors (Lipinski definition) is 1. The van der Waals surface area contributed by atoms with Crippen LogP contribution in [0.15, 0.2) is 53.9 Å². The summed E-state index contributed by atoms with van der Waals surface area (Å²) >= 11 is 0. The summed E-state index contributed by atoms with van der Waals surface area (Å²) in [5.41, 5.74) is 0.354. The minimum Gasteiger partial charge on any atom is -0.444 e. The Kier molecular flexibility index (Phi) is 12.6. The predicted octanol–water partition coefficient (Wildman–Crippen LogP) is 4.36. The fraction of sp³-hybridized carbons (Fsp3) is 0.526. The van der Waals surface area contributed by atoms with Crippen molar-refractivity contribution in [3.63, 3.8) is 0 Å². The maximum absolute atomic E-state index is 14.4. The Bertz CT molecular complexity index is 1950. The van der Waals surface area contributed by atoms with Crippen molar-refractivity contribution in [1.29, 1.82) is 0 Å². The molecule has 0 spiro atoms. The number of benzene rings is 2. The van der Waals surface area contributed by atoms with Gasteiger partial charge >= 0.3 is 6.09 Å². The zero-order valence-electron chi connectivity index (χ0n) is 31.5. The monoisotopic (exact) mass is 773 g/mol. The van der Waals surface area contributed by atoms with Crippen LogP contribution in [0.25, 0.3) is 0 Å².